The Morgan fingerprint density at radius 1 is 0.947 bits per heavy atom. The van der Waals surface area contributed by atoms with E-state index in [0.717, 1.165) is 15.1 Å². The highest BCUT2D eigenvalue weighted by Crippen LogP contribution is 2.37. The van der Waals surface area contributed by atoms with Crippen molar-refractivity contribution in [3.05, 3.63) is 67.6 Å². The molecule has 3 heteroatoms. The Bertz CT molecular complexity index is 600. The van der Waals surface area contributed by atoms with Crippen molar-refractivity contribution >= 4 is 43.5 Å². The molecule has 0 aliphatic heterocycles. The third-order valence-corrected chi connectivity index (χ3v) is 5.05. The summed E-state index contributed by atoms with van der Waals surface area (Å²) in [6, 6.07) is 10.6. The monoisotopic (exact) mass is 400 g/mol. The summed E-state index contributed by atoms with van der Waals surface area (Å²) >= 11 is 13.7. The van der Waals surface area contributed by atoms with Crippen LogP contribution in [0.5, 0.6) is 0 Å². The number of rotatable bonds is 2. The average molecular weight is 403 g/mol. The standard InChI is InChI=1S/C16H15Br2Cl/c1-9-4-12(8-13(17)5-9)16(18)14-6-10(2)11(3)7-15(14)19/h4-8,16H,1-3H3. The smallest absolute Gasteiger partial charge is 0.0659 e. The summed E-state index contributed by atoms with van der Waals surface area (Å²) in [4.78, 5) is 0.107. The van der Waals surface area contributed by atoms with E-state index in [-0.39, 0.29) is 4.83 Å². The minimum Gasteiger partial charge on any atom is -0.0840 e. The van der Waals surface area contributed by atoms with Gasteiger partial charge in [0.1, 0.15) is 0 Å². The van der Waals surface area contributed by atoms with Gasteiger partial charge in [0.05, 0.1) is 4.83 Å². The number of halogens is 3. The number of benzene rings is 2. The van der Waals surface area contributed by atoms with Gasteiger partial charge in [0.2, 0.25) is 0 Å². The Hall–Kier alpha value is -0.310. The molecule has 0 radical (unpaired) electrons. The predicted octanol–water partition coefficient (Wildman–Crippen LogP) is 6.51. The average Bonchev–Trinajstić information content (AvgIpc) is 2.31. The summed E-state index contributed by atoms with van der Waals surface area (Å²) in [5.74, 6) is 0. The molecule has 0 spiro atoms. The van der Waals surface area contributed by atoms with Gasteiger partial charge < -0.3 is 0 Å². The molecule has 2 aromatic carbocycles. The molecule has 0 fully saturated rings. The first-order valence-electron chi connectivity index (χ1n) is 6.06. The lowest BCUT2D eigenvalue weighted by Crippen LogP contribution is -1.97. The van der Waals surface area contributed by atoms with Crippen LogP contribution in [0.2, 0.25) is 5.02 Å². The molecule has 0 bridgehead atoms. The quantitative estimate of drug-likeness (QED) is 0.502. The highest BCUT2D eigenvalue weighted by Gasteiger charge is 2.15. The van der Waals surface area contributed by atoms with Crippen molar-refractivity contribution in [1.29, 1.82) is 0 Å². The lowest BCUT2D eigenvalue weighted by Gasteiger charge is -2.16. The van der Waals surface area contributed by atoms with E-state index in [2.05, 4.69) is 76.9 Å². The Morgan fingerprint density at radius 2 is 1.58 bits per heavy atom. The summed E-state index contributed by atoms with van der Waals surface area (Å²) in [5, 5.41) is 0.808. The van der Waals surface area contributed by atoms with E-state index in [0.29, 0.717) is 0 Å². The minimum atomic E-state index is 0.107. The maximum absolute atomic E-state index is 6.38. The topological polar surface area (TPSA) is 0 Å². The molecule has 0 N–H and O–H groups in total. The van der Waals surface area contributed by atoms with Crippen molar-refractivity contribution in [3.8, 4) is 0 Å². The van der Waals surface area contributed by atoms with Gasteiger partial charge in [-0.2, -0.15) is 0 Å². The van der Waals surface area contributed by atoms with E-state index < -0.39 is 0 Å². The second kappa shape index (κ2) is 5.99. The highest BCUT2D eigenvalue weighted by molar-refractivity contribution is 9.10. The third-order valence-electron chi connectivity index (χ3n) is 3.24. The van der Waals surface area contributed by atoms with Crippen molar-refractivity contribution in [1.82, 2.24) is 0 Å². The number of aryl methyl sites for hydroxylation is 3. The van der Waals surface area contributed by atoms with E-state index in [4.69, 9.17) is 11.6 Å². The van der Waals surface area contributed by atoms with Gasteiger partial charge in [0.15, 0.2) is 0 Å². The maximum atomic E-state index is 6.38. The zero-order chi connectivity index (χ0) is 14.2. The number of hydrogen-bond donors (Lipinski definition) is 0. The summed E-state index contributed by atoms with van der Waals surface area (Å²) < 4.78 is 1.09. The third kappa shape index (κ3) is 3.42. The highest BCUT2D eigenvalue weighted by atomic mass is 79.9. The SMILES string of the molecule is Cc1cc(Br)cc(C(Br)c2cc(C)c(C)cc2Cl)c1. The van der Waals surface area contributed by atoms with Gasteiger partial charge in [-0.25, -0.2) is 0 Å². The molecular formula is C16H15Br2Cl. The van der Waals surface area contributed by atoms with E-state index in [1.54, 1.807) is 0 Å². The van der Waals surface area contributed by atoms with Crippen molar-refractivity contribution in [2.45, 2.75) is 25.6 Å². The molecule has 0 aliphatic carbocycles. The lowest BCUT2D eigenvalue weighted by molar-refractivity contribution is 1.14. The van der Waals surface area contributed by atoms with Crippen molar-refractivity contribution < 1.29 is 0 Å². The van der Waals surface area contributed by atoms with Gasteiger partial charge in [0.25, 0.3) is 0 Å². The van der Waals surface area contributed by atoms with Crippen LogP contribution < -0.4 is 0 Å². The van der Waals surface area contributed by atoms with E-state index in [1.165, 1.54) is 22.3 Å². The molecule has 0 aromatic heterocycles. The zero-order valence-corrected chi connectivity index (χ0v) is 15.0. The Labute approximate surface area is 136 Å². The molecule has 0 heterocycles. The van der Waals surface area contributed by atoms with E-state index in [9.17, 15) is 0 Å². The number of alkyl halides is 1. The maximum Gasteiger partial charge on any atom is 0.0659 e. The minimum absolute atomic E-state index is 0.107. The Balaban J connectivity index is 2.49. The first-order valence-corrected chi connectivity index (χ1v) is 8.15. The Morgan fingerprint density at radius 3 is 2.21 bits per heavy atom. The molecule has 1 unspecified atom stereocenters. The summed E-state index contributed by atoms with van der Waals surface area (Å²) in [7, 11) is 0. The fraction of sp³-hybridized carbons (Fsp3) is 0.250. The van der Waals surface area contributed by atoms with Crippen LogP contribution in [-0.4, -0.2) is 0 Å². The fourth-order valence-electron chi connectivity index (χ4n) is 2.09. The van der Waals surface area contributed by atoms with Gasteiger partial charge in [0, 0.05) is 9.50 Å². The van der Waals surface area contributed by atoms with E-state index >= 15 is 0 Å². The lowest BCUT2D eigenvalue weighted by atomic mass is 9.99. The molecule has 0 amide bonds. The molecule has 2 aromatic rings. The van der Waals surface area contributed by atoms with Crippen LogP contribution >= 0.6 is 43.5 Å². The van der Waals surface area contributed by atoms with Crippen molar-refractivity contribution in [3.63, 3.8) is 0 Å². The first kappa shape index (κ1) is 15.1. The van der Waals surface area contributed by atoms with Gasteiger partial charge in [-0.1, -0.05) is 55.6 Å². The normalized spacial score (nSPS) is 12.5. The summed E-state index contributed by atoms with van der Waals surface area (Å²) in [6.07, 6.45) is 0. The molecule has 0 nitrogen and oxygen atoms in total. The van der Waals surface area contributed by atoms with Crippen LogP contribution in [-0.2, 0) is 0 Å². The van der Waals surface area contributed by atoms with Gasteiger partial charge in [-0.15, -0.1) is 0 Å². The van der Waals surface area contributed by atoms with Crippen molar-refractivity contribution in [2.24, 2.45) is 0 Å². The summed E-state index contributed by atoms with van der Waals surface area (Å²) in [6.45, 7) is 6.29. The molecule has 1 atom stereocenters. The fourth-order valence-corrected chi connectivity index (χ4v) is 3.82. The predicted molar refractivity (Wildman–Crippen MR) is 90.6 cm³/mol. The Kier molecular flexibility index (Phi) is 4.75. The summed E-state index contributed by atoms with van der Waals surface area (Å²) in [5.41, 5.74) is 6.03. The largest absolute Gasteiger partial charge is 0.0840 e. The van der Waals surface area contributed by atoms with Crippen molar-refractivity contribution in [2.75, 3.05) is 0 Å². The van der Waals surface area contributed by atoms with Gasteiger partial charge in [-0.3, -0.25) is 0 Å². The second-order valence-corrected chi connectivity index (χ2v) is 7.12. The molecule has 19 heavy (non-hydrogen) atoms. The van der Waals surface area contributed by atoms with Crippen LogP contribution in [0.4, 0.5) is 0 Å². The van der Waals surface area contributed by atoms with Crippen LogP contribution in [0, 0.1) is 20.8 Å². The van der Waals surface area contributed by atoms with Crippen LogP contribution in [0.25, 0.3) is 0 Å². The molecule has 100 valence electrons. The van der Waals surface area contributed by atoms with E-state index in [1.807, 2.05) is 6.07 Å². The van der Waals surface area contributed by atoms with Crippen LogP contribution in [0.1, 0.15) is 32.6 Å². The molecule has 2 rings (SSSR count). The zero-order valence-electron chi connectivity index (χ0n) is 11.1. The van der Waals surface area contributed by atoms with Gasteiger partial charge >= 0.3 is 0 Å². The number of hydrogen-bond acceptors (Lipinski definition) is 0. The van der Waals surface area contributed by atoms with Gasteiger partial charge in [-0.05, 0) is 66.8 Å². The molecule has 0 aliphatic rings. The second-order valence-electron chi connectivity index (χ2n) is 4.88. The first-order chi connectivity index (χ1) is 8.88. The van der Waals surface area contributed by atoms with Crippen LogP contribution in [0.15, 0.2) is 34.8 Å². The molecule has 0 saturated heterocycles. The molecular weight excluding hydrogens is 387 g/mol. The van der Waals surface area contributed by atoms with Crippen LogP contribution in [0.3, 0.4) is 0 Å². The molecule has 0 saturated carbocycles.